The summed E-state index contributed by atoms with van der Waals surface area (Å²) in [6, 6.07) is 0.498. The molecule has 4 aliphatic carbocycles. The summed E-state index contributed by atoms with van der Waals surface area (Å²) < 4.78 is 0. The molecule has 0 spiro atoms. The van der Waals surface area contributed by atoms with Crippen LogP contribution in [0, 0.1) is 40.4 Å². The minimum Gasteiger partial charge on any atom is -0.328 e. The van der Waals surface area contributed by atoms with Crippen molar-refractivity contribution < 1.29 is 0 Å². The van der Waals surface area contributed by atoms with Crippen molar-refractivity contribution in [1.82, 2.24) is 0 Å². The van der Waals surface area contributed by atoms with E-state index in [0.29, 0.717) is 16.9 Å². The molecule has 0 radical (unpaired) electrons. The van der Waals surface area contributed by atoms with Crippen molar-refractivity contribution in [3.05, 3.63) is 0 Å². The minimum atomic E-state index is 0.498. The molecule has 0 aliphatic heterocycles. The third-order valence-corrected chi connectivity index (χ3v) is 10.3. The molecule has 26 heavy (non-hydrogen) atoms. The van der Waals surface area contributed by atoms with E-state index >= 15 is 0 Å². The molecule has 4 rings (SSSR count). The van der Waals surface area contributed by atoms with Crippen LogP contribution in [-0.4, -0.2) is 6.04 Å². The molecule has 0 saturated heterocycles. The van der Waals surface area contributed by atoms with Gasteiger partial charge >= 0.3 is 0 Å². The third-order valence-electron chi connectivity index (χ3n) is 10.3. The Bertz CT molecular complexity index is 487. The smallest absolute Gasteiger partial charge is 0.00418 e. The molecule has 4 aliphatic rings. The summed E-state index contributed by atoms with van der Waals surface area (Å²) in [4.78, 5) is 0. The van der Waals surface area contributed by atoms with Crippen molar-refractivity contribution in [2.45, 2.75) is 117 Å². The first-order valence-corrected chi connectivity index (χ1v) is 12.2. The van der Waals surface area contributed by atoms with E-state index < -0.39 is 0 Å². The average Bonchev–Trinajstić information content (AvgIpc) is 2.96. The first kappa shape index (κ1) is 19.3. The van der Waals surface area contributed by atoms with Gasteiger partial charge in [0, 0.05) is 6.04 Å². The Hall–Kier alpha value is -0.0400. The van der Waals surface area contributed by atoms with Crippen molar-refractivity contribution in [3.63, 3.8) is 0 Å². The summed E-state index contributed by atoms with van der Waals surface area (Å²) >= 11 is 0. The molecule has 1 heteroatoms. The minimum absolute atomic E-state index is 0.498. The highest BCUT2D eigenvalue weighted by molar-refractivity contribution is 5.09. The third kappa shape index (κ3) is 3.09. The van der Waals surface area contributed by atoms with E-state index in [4.69, 9.17) is 5.73 Å². The van der Waals surface area contributed by atoms with Crippen LogP contribution in [0.1, 0.15) is 111 Å². The van der Waals surface area contributed by atoms with Gasteiger partial charge in [-0.05, 0) is 105 Å². The molecule has 4 saturated carbocycles. The fourth-order valence-corrected chi connectivity index (χ4v) is 8.69. The summed E-state index contributed by atoms with van der Waals surface area (Å²) in [5.74, 6) is 5.08. The summed E-state index contributed by atoms with van der Waals surface area (Å²) in [6.07, 6.45) is 20.5. The molecule has 0 aromatic heterocycles. The lowest BCUT2D eigenvalue weighted by atomic mass is 9.44. The first-order chi connectivity index (χ1) is 12.5. The van der Waals surface area contributed by atoms with Crippen LogP contribution in [0.4, 0.5) is 0 Å². The molecule has 0 amide bonds. The Morgan fingerprint density at radius 1 is 0.808 bits per heavy atom. The molecule has 0 aromatic carbocycles. The Kier molecular flexibility index (Phi) is 5.50. The Morgan fingerprint density at radius 3 is 2.38 bits per heavy atom. The predicted octanol–water partition coefficient (Wildman–Crippen LogP) is 6.94. The van der Waals surface area contributed by atoms with Gasteiger partial charge < -0.3 is 5.73 Å². The van der Waals surface area contributed by atoms with E-state index in [2.05, 4.69) is 20.8 Å². The lowest BCUT2D eigenvalue weighted by Gasteiger charge is -2.61. The second-order valence-electron chi connectivity index (χ2n) is 11.4. The Labute approximate surface area is 163 Å². The molecular formula is C25H45N. The maximum Gasteiger partial charge on any atom is 0.00418 e. The summed E-state index contributed by atoms with van der Waals surface area (Å²) in [6.45, 7) is 7.74. The van der Waals surface area contributed by atoms with Gasteiger partial charge in [-0.15, -0.1) is 0 Å². The van der Waals surface area contributed by atoms with Crippen LogP contribution < -0.4 is 5.73 Å². The summed E-state index contributed by atoms with van der Waals surface area (Å²) in [5.41, 5.74) is 7.67. The van der Waals surface area contributed by atoms with E-state index in [9.17, 15) is 0 Å². The number of fused-ring (bicyclic) bond motifs is 5. The maximum atomic E-state index is 6.36. The quantitative estimate of drug-likeness (QED) is 0.528. The zero-order valence-electron chi connectivity index (χ0n) is 17.9. The van der Waals surface area contributed by atoms with Gasteiger partial charge in [0.05, 0.1) is 0 Å². The number of rotatable bonds is 5. The number of hydrogen-bond acceptors (Lipinski definition) is 1. The van der Waals surface area contributed by atoms with Crippen LogP contribution >= 0.6 is 0 Å². The largest absolute Gasteiger partial charge is 0.328 e. The normalized spacial score (nSPS) is 50.8. The molecule has 0 aromatic rings. The molecule has 8 atom stereocenters. The fourth-order valence-electron chi connectivity index (χ4n) is 8.69. The monoisotopic (exact) mass is 359 g/mol. The van der Waals surface area contributed by atoms with Gasteiger partial charge in [0.1, 0.15) is 0 Å². The van der Waals surface area contributed by atoms with Crippen LogP contribution in [0.5, 0.6) is 0 Å². The summed E-state index contributed by atoms with van der Waals surface area (Å²) in [5, 5.41) is 0. The Morgan fingerprint density at radius 2 is 1.58 bits per heavy atom. The van der Waals surface area contributed by atoms with E-state index in [0.717, 1.165) is 29.6 Å². The van der Waals surface area contributed by atoms with Crippen LogP contribution in [0.2, 0.25) is 0 Å². The van der Waals surface area contributed by atoms with E-state index in [1.54, 1.807) is 12.8 Å². The van der Waals surface area contributed by atoms with Crippen LogP contribution in [0.3, 0.4) is 0 Å². The lowest BCUT2D eigenvalue weighted by molar-refractivity contribution is -0.113. The van der Waals surface area contributed by atoms with E-state index in [-0.39, 0.29) is 0 Å². The van der Waals surface area contributed by atoms with Gasteiger partial charge in [-0.25, -0.2) is 0 Å². The average molecular weight is 360 g/mol. The maximum absolute atomic E-state index is 6.36. The molecule has 1 nitrogen and oxygen atoms in total. The molecular weight excluding hydrogens is 314 g/mol. The lowest BCUT2D eigenvalue weighted by Crippen LogP contribution is -2.54. The number of unbranched alkanes of at least 4 members (excludes halogenated alkanes) is 3. The van der Waals surface area contributed by atoms with Crippen molar-refractivity contribution in [2.75, 3.05) is 0 Å². The predicted molar refractivity (Wildman–Crippen MR) is 112 cm³/mol. The first-order valence-electron chi connectivity index (χ1n) is 12.2. The highest BCUT2D eigenvalue weighted by Crippen LogP contribution is 2.67. The van der Waals surface area contributed by atoms with Crippen molar-refractivity contribution in [2.24, 2.45) is 46.2 Å². The van der Waals surface area contributed by atoms with Gasteiger partial charge in [0.15, 0.2) is 0 Å². The second kappa shape index (κ2) is 7.41. The van der Waals surface area contributed by atoms with Crippen LogP contribution in [-0.2, 0) is 0 Å². The van der Waals surface area contributed by atoms with E-state index in [1.807, 2.05) is 0 Å². The van der Waals surface area contributed by atoms with Gasteiger partial charge in [-0.2, -0.15) is 0 Å². The molecule has 2 N–H and O–H groups in total. The van der Waals surface area contributed by atoms with Crippen LogP contribution in [0.25, 0.3) is 0 Å². The van der Waals surface area contributed by atoms with Crippen molar-refractivity contribution in [1.29, 1.82) is 0 Å². The summed E-state index contributed by atoms with van der Waals surface area (Å²) in [7, 11) is 0. The topological polar surface area (TPSA) is 26.0 Å². The number of hydrogen-bond donors (Lipinski definition) is 1. The standard InChI is InChI=1S/C25H45N/c1-4-5-6-7-8-18-10-12-22-21-11-9-19-17-20(26)13-15-25(19,3)23(21)14-16-24(18,22)2/h18-23H,4-17,26H2,1-3H3/t18-,19-,20-,21-,22-,23-,24+,25-/m0/s1. The second-order valence-corrected chi connectivity index (χ2v) is 11.4. The molecule has 0 unspecified atom stereocenters. The van der Waals surface area contributed by atoms with E-state index in [1.165, 1.54) is 77.0 Å². The molecule has 4 fully saturated rings. The number of nitrogens with two attached hydrogens (primary N) is 1. The zero-order valence-corrected chi connectivity index (χ0v) is 17.9. The zero-order chi connectivity index (χ0) is 18.4. The van der Waals surface area contributed by atoms with Crippen molar-refractivity contribution >= 4 is 0 Å². The van der Waals surface area contributed by atoms with Gasteiger partial charge in [-0.1, -0.05) is 46.5 Å². The highest BCUT2D eigenvalue weighted by atomic mass is 14.7. The van der Waals surface area contributed by atoms with Gasteiger partial charge in [0.25, 0.3) is 0 Å². The fraction of sp³-hybridized carbons (Fsp3) is 1.00. The Balaban J connectivity index is 1.46. The van der Waals surface area contributed by atoms with Gasteiger partial charge in [-0.3, -0.25) is 0 Å². The molecule has 150 valence electrons. The molecule has 0 bridgehead atoms. The SMILES string of the molecule is CCCCCC[C@H]1CC[C@H]2[C@@H]3CC[C@H]4C[C@@H](N)CC[C@]4(C)[C@H]3CC[C@]12C. The molecule has 0 heterocycles. The van der Waals surface area contributed by atoms with Crippen LogP contribution in [0.15, 0.2) is 0 Å². The highest BCUT2D eigenvalue weighted by Gasteiger charge is 2.59. The van der Waals surface area contributed by atoms with Crippen molar-refractivity contribution in [3.8, 4) is 0 Å². The van der Waals surface area contributed by atoms with Gasteiger partial charge in [0.2, 0.25) is 0 Å².